The van der Waals surface area contributed by atoms with Crippen LogP contribution in [0.25, 0.3) is 0 Å². The molecule has 0 spiro atoms. The molecule has 0 radical (unpaired) electrons. The van der Waals surface area contributed by atoms with Crippen LogP contribution in [0, 0.1) is 0 Å². The zero-order valence-corrected chi connectivity index (χ0v) is 19.9. The van der Waals surface area contributed by atoms with Gasteiger partial charge in [0.25, 0.3) is 0 Å². The Morgan fingerprint density at radius 3 is 2.06 bits per heavy atom. The molecule has 1 fully saturated rings. The highest BCUT2D eigenvalue weighted by Gasteiger charge is 2.31. The first kappa shape index (κ1) is 24.5. The quantitative estimate of drug-likeness (QED) is 0.460. The topological polar surface area (TPSA) is 120 Å². The molecule has 1 amide bonds. The molecular weight excluding hydrogens is 470 g/mol. The van der Waals surface area contributed by atoms with Gasteiger partial charge in [-0.2, -0.15) is 8.42 Å². The number of nitrogens with two attached hydrogens (primary N) is 1. The Morgan fingerprint density at radius 2 is 1.46 bits per heavy atom. The highest BCUT2D eigenvalue weighted by molar-refractivity contribution is 7.88. The Labute approximate surface area is 204 Å². The minimum atomic E-state index is -4.46. The van der Waals surface area contributed by atoms with E-state index in [4.69, 9.17) is 9.47 Å². The van der Waals surface area contributed by atoms with E-state index in [1.54, 1.807) is 30.3 Å². The van der Waals surface area contributed by atoms with Crippen molar-refractivity contribution >= 4 is 22.3 Å². The van der Waals surface area contributed by atoms with Crippen molar-refractivity contribution in [2.24, 2.45) is 0 Å². The molecule has 1 aliphatic heterocycles. The lowest BCUT2D eigenvalue weighted by Gasteiger charge is -2.21. The van der Waals surface area contributed by atoms with Crippen molar-refractivity contribution in [2.45, 2.75) is 32.0 Å². The number of hydrogen-bond donors (Lipinski definition) is 2. The van der Waals surface area contributed by atoms with Crippen molar-refractivity contribution in [2.75, 3.05) is 13.1 Å². The van der Waals surface area contributed by atoms with Crippen LogP contribution in [0.15, 0.2) is 72.9 Å². The number of aromatic nitrogens is 1. The summed E-state index contributed by atoms with van der Waals surface area (Å²) in [5, 5.41) is 2.18. The number of carbonyl (C=O) groups excluding carboxylic acids is 2. The number of nitrogens with zero attached hydrogens (tertiary/aromatic N) is 1. The fraction of sp³-hybridized carbons (Fsp3) is 0.280. The van der Waals surface area contributed by atoms with Gasteiger partial charge in [-0.3, -0.25) is 0 Å². The Balaban J connectivity index is 1.54. The molecule has 0 unspecified atom stereocenters. The van der Waals surface area contributed by atoms with E-state index in [1.807, 2.05) is 41.1 Å². The van der Waals surface area contributed by atoms with E-state index in [0.29, 0.717) is 11.1 Å². The second-order valence-corrected chi connectivity index (χ2v) is 9.83. The number of rotatable bonds is 8. The van der Waals surface area contributed by atoms with E-state index in [1.165, 1.54) is 6.20 Å². The molecule has 2 heterocycles. The Morgan fingerprint density at radius 1 is 0.886 bits per heavy atom. The highest BCUT2D eigenvalue weighted by Crippen LogP contribution is 2.29. The van der Waals surface area contributed by atoms with Gasteiger partial charge in [-0.15, -0.1) is 0 Å². The lowest BCUT2D eigenvalue weighted by molar-refractivity contribution is -0.663. The summed E-state index contributed by atoms with van der Waals surface area (Å²) in [4.78, 5) is 25.4. The molecule has 1 aromatic heterocycles. The van der Waals surface area contributed by atoms with Crippen LogP contribution in [0.1, 0.15) is 45.9 Å². The molecule has 1 saturated heterocycles. The maximum Gasteiger partial charge on any atom is 0.422 e. The molecule has 0 saturated carbocycles. The number of ether oxygens (including phenoxy) is 2. The van der Waals surface area contributed by atoms with E-state index in [9.17, 15) is 18.0 Å². The van der Waals surface area contributed by atoms with Gasteiger partial charge in [0.15, 0.2) is 0 Å². The summed E-state index contributed by atoms with van der Waals surface area (Å²) in [6, 6.07) is 19.6. The van der Waals surface area contributed by atoms with Gasteiger partial charge in [-0.05, 0) is 28.7 Å². The first-order chi connectivity index (χ1) is 16.9. The monoisotopic (exact) mass is 498 g/mol. The van der Waals surface area contributed by atoms with Gasteiger partial charge in [0.05, 0.1) is 13.1 Å². The number of carbonyl (C=O) groups is 2. The van der Waals surface area contributed by atoms with Crippen LogP contribution in [-0.2, 0) is 32.9 Å². The second-order valence-electron chi connectivity index (χ2n) is 8.29. The molecule has 184 valence electrons. The molecule has 0 atom stereocenters. The zero-order valence-electron chi connectivity index (χ0n) is 19.1. The lowest BCUT2D eigenvalue weighted by Crippen LogP contribution is -2.86. The minimum Gasteiger partial charge on any atom is -0.456 e. The summed E-state index contributed by atoms with van der Waals surface area (Å²) in [7, 11) is -4.46. The van der Waals surface area contributed by atoms with Gasteiger partial charge < -0.3 is 14.8 Å². The average Bonchev–Trinajstić information content (AvgIpc) is 3.34. The predicted molar refractivity (Wildman–Crippen MR) is 128 cm³/mol. The minimum absolute atomic E-state index is 0.00463. The van der Waals surface area contributed by atoms with E-state index in [-0.39, 0.29) is 24.8 Å². The average molecular weight is 499 g/mol. The first-order valence-corrected chi connectivity index (χ1v) is 12.9. The Hall–Kier alpha value is -3.63. The summed E-state index contributed by atoms with van der Waals surface area (Å²) < 4.78 is 39.4. The predicted octanol–water partition coefficient (Wildman–Crippen LogP) is 2.31. The molecular formula is C25H28N3O6S+. The van der Waals surface area contributed by atoms with Crippen molar-refractivity contribution in [3.63, 3.8) is 0 Å². The van der Waals surface area contributed by atoms with Crippen LogP contribution in [0.4, 0.5) is 4.79 Å². The summed E-state index contributed by atoms with van der Waals surface area (Å²) >= 11 is 0. The molecule has 0 bridgehead atoms. The van der Waals surface area contributed by atoms with Crippen LogP contribution in [-0.4, -0.2) is 37.5 Å². The summed E-state index contributed by atoms with van der Waals surface area (Å²) in [6.45, 7) is 1.66. The number of nitrogens with one attached hydrogen (secondary N) is 1. The third kappa shape index (κ3) is 6.28. The Bertz CT molecular complexity index is 1250. The normalized spacial score (nSPS) is 14.3. The van der Waals surface area contributed by atoms with E-state index in [0.717, 1.165) is 35.5 Å². The van der Waals surface area contributed by atoms with Gasteiger partial charge in [0, 0.05) is 19.0 Å². The molecule has 4 rings (SSSR count). The summed E-state index contributed by atoms with van der Waals surface area (Å²) in [6.07, 6.45) is 1.74. The number of amides is 1. The largest absolute Gasteiger partial charge is 0.456 e. The molecule has 3 aromatic rings. The maximum absolute atomic E-state index is 13.1. The molecule has 0 aliphatic carbocycles. The number of hydrogen-bond acceptors (Lipinski definition) is 6. The number of benzene rings is 2. The SMILES string of the molecule is O=C(NS(=O)(=O)n1ccc(C2CC[NH2+]CC2)c1C(=O)OCc1ccccc1)OCc1ccccc1. The molecule has 3 N–H and O–H groups in total. The summed E-state index contributed by atoms with van der Waals surface area (Å²) in [5.74, 6) is -0.757. The number of esters is 1. The van der Waals surface area contributed by atoms with Crippen molar-refractivity contribution in [1.82, 2.24) is 8.69 Å². The van der Waals surface area contributed by atoms with Crippen molar-refractivity contribution in [1.29, 1.82) is 0 Å². The molecule has 10 heteroatoms. The van der Waals surface area contributed by atoms with Crippen LogP contribution in [0.3, 0.4) is 0 Å². The van der Waals surface area contributed by atoms with Crippen LogP contribution in [0.2, 0.25) is 0 Å². The number of quaternary nitrogens is 1. The smallest absolute Gasteiger partial charge is 0.422 e. The number of piperidine rings is 1. The van der Waals surface area contributed by atoms with Crippen molar-refractivity contribution in [3.8, 4) is 0 Å². The molecule has 1 aliphatic rings. The summed E-state index contributed by atoms with van der Waals surface area (Å²) in [5.41, 5.74) is 1.98. The molecule has 2 aromatic carbocycles. The van der Waals surface area contributed by atoms with Crippen LogP contribution in [0.5, 0.6) is 0 Å². The van der Waals surface area contributed by atoms with E-state index < -0.39 is 22.3 Å². The van der Waals surface area contributed by atoms with Crippen LogP contribution >= 0.6 is 0 Å². The molecule has 9 nitrogen and oxygen atoms in total. The third-order valence-corrected chi connectivity index (χ3v) is 7.10. The standard InChI is InChI=1S/C25H27N3O6S/c29-24(33-17-19-7-3-1-4-8-19)23-22(21-11-14-26-15-12-21)13-16-28(23)35(31,32)27-25(30)34-18-20-9-5-2-6-10-20/h1-10,13,16,21,26H,11-12,14-15,17-18H2,(H,27,30)/p+1. The highest BCUT2D eigenvalue weighted by atomic mass is 32.2. The maximum atomic E-state index is 13.1. The first-order valence-electron chi connectivity index (χ1n) is 11.4. The van der Waals surface area contributed by atoms with E-state index in [2.05, 4.69) is 5.32 Å². The van der Waals surface area contributed by atoms with Gasteiger partial charge in [-0.25, -0.2) is 18.3 Å². The van der Waals surface area contributed by atoms with Crippen molar-refractivity contribution in [3.05, 3.63) is 95.3 Å². The van der Waals surface area contributed by atoms with E-state index >= 15 is 0 Å². The Kier molecular flexibility index (Phi) is 7.84. The second kappa shape index (κ2) is 11.2. The zero-order chi connectivity index (χ0) is 24.7. The fourth-order valence-electron chi connectivity index (χ4n) is 4.10. The van der Waals surface area contributed by atoms with Gasteiger partial charge in [0.1, 0.15) is 18.9 Å². The molecule has 35 heavy (non-hydrogen) atoms. The van der Waals surface area contributed by atoms with Gasteiger partial charge in [0.2, 0.25) is 0 Å². The van der Waals surface area contributed by atoms with Gasteiger partial charge >= 0.3 is 22.3 Å². The third-order valence-electron chi connectivity index (χ3n) is 5.85. The lowest BCUT2D eigenvalue weighted by atomic mass is 9.90. The fourth-order valence-corrected chi connectivity index (χ4v) is 5.11. The van der Waals surface area contributed by atoms with Crippen LogP contribution < -0.4 is 10.0 Å². The van der Waals surface area contributed by atoms with Gasteiger partial charge in [-0.1, -0.05) is 60.7 Å². The van der Waals surface area contributed by atoms with Crippen molar-refractivity contribution < 1.29 is 32.8 Å².